The smallest absolute Gasteiger partial charge is 0.123 e. The highest BCUT2D eigenvalue weighted by atomic mass is 16.3. The lowest BCUT2D eigenvalue weighted by Gasteiger charge is -2.11. The molecule has 0 aliphatic heterocycles. The maximum atomic E-state index is 9.95. The second kappa shape index (κ2) is 4.74. The molecule has 0 unspecified atom stereocenters. The Morgan fingerprint density at radius 3 is 2.35 bits per heavy atom. The molecule has 0 heterocycles. The average Bonchev–Trinajstić information content (AvgIpc) is 2.31. The largest absolute Gasteiger partial charge is 0.507 e. The van der Waals surface area contributed by atoms with Gasteiger partial charge in [0.1, 0.15) is 11.5 Å². The van der Waals surface area contributed by atoms with E-state index in [4.69, 9.17) is 0 Å². The lowest BCUT2D eigenvalue weighted by molar-refractivity contribution is 0.468. The van der Waals surface area contributed by atoms with Crippen LogP contribution in [-0.2, 0) is 6.42 Å². The summed E-state index contributed by atoms with van der Waals surface area (Å²) in [5, 5.41) is 19.8. The number of phenolic OH excluding ortho intramolecular Hbond substituents is 2. The Labute approximate surface area is 100 Å². The maximum Gasteiger partial charge on any atom is 0.123 e. The molecule has 0 saturated carbocycles. The molecule has 0 fully saturated rings. The highest BCUT2D eigenvalue weighted by Crippen LogP contribution is 2.37. The van der Waals surface area contributed by atoms with Crippen LogP contribution in [0.4, 0.5) is 0 Å². The van der Waals surface area contributed by atoms with E-state index < -0.39 is 0 Å². The van der Waals surface area contributed by atoms with Crippen molar-refractivity contribution in [3.63, 3.8) is 0 Å². The molecular formula is C15H14O2. The Morgan fingerprint density at radius 2 is 1.65 bits per heavy atom. The molecule has 0 bridgehead atoms. The Morgan fingerprint density at radius 1 is 0.941 bits per heavy atom. The van der Waals surface area contributed by atoms with E-state index in [-0.39, 0.29) is 11.5 Å². The van der Waals surface area contributed by atoms with Gasteiger partial charge in [-0.1, -0.05) is 36.4 Å². The SMILES string of the molecule is C=CCc1cccc(O)c1-c1ccccc1O. The first-order valence-electron chi connectivity index (χ1n) is 5.44. The predicted molar refractivity (Wildman–Crippen MR) is 69.1 cm³/mol. The minimum absolute atomic E-state index is 0.166. The maximum absolute atomic E-state index is 9.95. The van der Waals surface area contributed by atoms with Crippen molar-refractivity contribution in [2.75, 3.05) is 0 Å². The molecule has 0 aliphatic carbocycles. The molecule has 0 atom stereocenters. The summed E-state index contributed by atoms with van der Waals surface area (Å²) in [5.41, 5.74) is 2.26. The van der Waals surface area contributed by atoms with E-state index in [2.05, 4.69) is 6.58 Å². The lowest BCUT2D eigenvalue weighted by atomic mass is 9.96. The van der Waals surface area contributed by atoms with Gasteiger partial charge in [-0.3, -0.25) is 0 Å². The van der Waals surface area contributed by atoms with E-state index >= 15 is 0 Å². The molecule has 0 amide bonds. The number of hydrogen-bond donors (Lipinski definition) is 2. The quantitative estimate of drug-likeness (QED) is 0.786. The molecular weight excluding hydrogens is 212 g/mol. The van der Waals surface area contributed by atoms with Gasteiger partial charge in [0, 0.05) is 11.1 Å². The van der Waals surface area contributed by atoms with Gasteiger partial charge in [-0.2, -0.15) is 0 Å². The van der Waals surface area contributed by atoms with Gasteiger partial charge in [0.25, 0.3) is 0 Å². The first-order chi connectivity index (χ1) is 8.24. The summed E-state index contributed by atoms with van der Waals surface area (Å²) in [6.45, 7) is 3.70. The van der Waals surface area contributed by atoms with Crippen LogP contribution < -0.4 is 0 Å². The molecule has 0 radical (unpaired) electrons. The van der Waals surface area contributed by atoms with Crippen LogP contribution in [0, 0.1) is 0 Å². The van der Waals surface area contributed by atoms with Crippen molar-refractivity contribution in [1.29, 1.82) is 0 Å². The van der Waals surface area contributed by atoms with E-state index in [9.17, 15) is 10.2 Å². The van der Waals surface area contributed by atoms with Crippen molar-refractivity contribution >= 4 is 0 Å². The molecule has 2 aromatic rings. The third-order valence-corrected chi connectivity index (χ3v) is 2.67. The van der Waals surface area contributed by atoms with Crippen molar-refractivity contribution in [1.82, 2.24) is 0 Å². The zero-order chi connectivity index (χ0) is 12.3. The van der Waals surface area contributed by atoms with Gasteiger partial charge in [0.2, 0.25) is 0 Å². The minimum atomic E-state index is 0.166. The molecule has 17 heavy (non-hydrogen) atoms. The number of para-hydroxylation sites is 1. The molecule has 86 valence electrons. The van der Waals surface area contributed by atoms with E-state index in [1.54, 1.807) is 36.4 Å². The van der Waals surface area contributed by atoms with Crippen LogP contribution in [-0.4, -0.2) is 10.2 Å². The summed E-state index contributed by atoms with van der Waals surface area (Å²) in [5.74, 6) is 0.338. The normalized spacial score (nSPS) is 10.1. The third-order valence-electron chi connectivity index (χ3n) is 2.67. The second-order valence-corrected chi connectivity index (χ2v) is 3.82. The fourth-order valence-corrected chi connectivity index (χ4v) is 1.91. The van der Waals surface area contributed by atoms with Gasteiger partial charge in [0.05, 0.1) is 0 Å². The topological polar surface area (TPSA) is 40.5 Å². The molecule has 2 aromatic carbocycles. The summed E-state index contributed by atoms with van der Waals surface area (Å²) in [6, 6.07) is 12.3. The third kappa shape index (κ3) is 2.16. The Hall–Kier alpha value is -2.22. The van der Waals surface area contributed by atoms with Crippen LogP contribution in [0.5, 0.6) is 11.5 Å². The highest BCUT2D eigenvalue weighted by Gasteiger charge is 2.12. The lowest BCUT2D eigenvalue weighted by Crippen LogP contribution is -1.89. The van der Waals surface area contributed by atoms with Crippen LogP contribution in [0.1, 0.15) is 5.56 Å². The van der Waals surface area contributed by atoms with Gasteiger partial charge in [-0.25, -0.2) is 0 Å². The fraction of sp³-hybridized carbons (Fsp3) is 0.0667. The molecule has 2 nitrogen and oxygen atoms in total. The van der Waals surface area contributed by atoms with E-state index in [1.807, 2.05) is 12.1 Å². The number of allylic oxidation sites excluding steroid dienone is 1. The summed E-state index contributed by atoms with van der Waals surface area (Å²) < 4.78 is 0. The number of phenols is 2. The van der Waals surface area contributed by atoms with Crippen molar-refractivity contribution in [2.24, 2.45) is 0 Å². The first-order valence-corrected chi connectivity index (χ1v) is 5.44. The van der Waals surface area contributed by atoms with Crippen molar-refractivity contribution in [3.05, 3.63) is 60.7 Å². The van der Waals surface area contributed by atoms with Crippen LogP contribution >= 0.6 is 0 Å². The van der Waals surface area contributed by atoms with Gasteiger partial charge in [0.15, 0.2) is 0 Å². The fourth-order valence-electron chi connectivity index (χ4n) is 1.91. The summed E-state index contributed by atoms with van der Waals surface area (Å²) >= 11 is 0. The Balaban J connectivity index is 2.65. The van der Waals surface area contributed by atoms with E-state index in [0.717, 1.165) is 5.56 Å². The summed E-state index contributed by atoms with van der Waals surface area (Å²) in [4.78, 5) is 0. The molecule has 0 spiro atoms. The van der Waals surface area contributed by atoms with Crippen molar-refractivity contribution in [3.8, 4) is 22.6 Å². The molecule has 0 aliphatic rings. The van der Waals surface area contributed by atoms with Gasteiger partial charge < -0.3 is 10.2 Å². The zero-order valence-corrected chi connectivity index (χ0v) is 9.43. The molecule has 2 rings (SSSR count). The minimum Gasteiger partial charge on any atom is -0.507 e. The van der Waals surface area contributed by atoms with E-state index in [0.29, 0.717) is 17.5 Å². The van der Waals surface area contributed by atoms with Gasteiger partial charge in [-0.15, -0.1) is 6.58 Å². The van der Waals surface area contributed by atoms with E-state index in [1.165, 1.54) is 0 Å². The average molecular weight is 226 g/mol. The first kappa shape index (κ1) is 11.3. The highest BCUT2D eigenvalue weighted by molar-refractivity contribution is 5.78. The van der Waals surface area contributed by atoms with Gasteiger partial charge >= 0.3 is 0 Å². The molecule has 0 aromatic heterocycles. The Bertz CT molecular complexity index is 544. The molecule has 2 N–H and O–H groups in total. The predicted octanol–water partition coefficient (Wildman–Crippen LogP) is 3.49. The second-order valence-electron chi connectivity index (χ2n) is 3.82. The molecule has 2 heteroatoms. The van der Waals surface area contributed by atoms with Crippen LogP contribution in [0.15, 0.2) is 55.1 Å². The summed E-state index contributed by atoms with van der Waals surface area (Å²) in [7, 11) is 0. The van der Waals surface area contributed by atoms with Crippen molar-refractivity contribution < 1.29 is 10.2 Å². The number of hydrogen-bond acceptors (Lipinski definition) is 2. The number of rotatable bonds is 3. The van der Waals surface area contributed by atoms with Crippen LogP contribution in [0.25, 0.3) is 11.1 Å². The van der Waals surface area contributed by atoms with Gasteiger partial charge in [-0.05, 0) is 24.1 Å². The zero-order valence-electron chi connectivity index (χ0n) is 9.43. The number of aromatic hydroxyl groups is 2. The summed E-state index contributed by atoms with van der Waals surface area (Å²) in [6.07, 6.45) is 2.43. The monoisotopic (exact) mass is 226 g/mol. The Kier molecular flexibility index (Phi) is 3.15. The van der Waals surface area contributed by atoms with Crippen LogP contribution in [0.2, 0.25) is 0 Å². The number of benzene rings is 2. The van der Waals surface area contributed by atoms with Crippen molar-refractivity contribution in [2.45, 2.75) is 6.42 Å². The standard InChI is InChI=1S/C15H14O2/c1-2-6-11-7-5-10-14(17)15(11)12-8-3-4-9-13(12)16/h2-5,7-10,16-17H,1,6H2. The molecule has 0 saturated heterocycles. The van der Waals surface area contributed by atoms with Crippen LogP contribution in [0.3, 0.4) is 0 Å².